The highest BCUT2D eigenvalue weighted by Crippen LogP contribution is 2.15. The minimum absolute atomic E-state index is 0.0699. The molecule has 1 aromatic heterocycles. The summed E-state index contributed by atoms with van der Waals surface area (Å²) in [5.41, 5.74) is 1.07. The fourth-order valence-corrected chi connectivity index (χ4v) is 1.64. The molecule has 1 N–H and O–H groups in total. The maximum absolute atomic E-state index is 11.0. The van der Waals surface area contributed by atoms with Crippen LogP contribution in [0.5, 0.6) is 5.75 Å². The summed E-state index contributed by atoms with van der Waals surface area (Å²) in [5.74, 6) is -0.546. The predicted octanol–water partition coefficient (Wildman–Crippen LogP) is 1.51. The number of aromatic carboxylic acids is 1. The van der Waals surface area contributed by atoms with E-state index in [4.69, 9.17) is 9.84 Å². The molecule has 0 saturated heterocycles. The van der Waals surface area contributed by atoms with Gasteiger partial charge in [0.15, 0.2) is 0 Å². The Labute approximate surface area is 109 Å². The second-order valence-corrected chi connectivity index (χ2v) is 3.91. The van der Waals surface area contributed by atoms with E-state index in [0.717, 1.165) is 6.29 Å². The van der Waals surface area contributed by atoms with E-state index in [1.807, 2.05) is 0 Å². The maximum atomic E-state index is 11.0. The van der Waals surface area contributed by atoms with Crippen molar-refractivity contribution in [3.8, 4) is 5.75 Å². The Hall–Kier alpha value is -2.63. The standard InChI is InChI=1S/C13H12N2O4/c1-15-12(11(6-14-15)13(17)18)8-19-10-4-2-3-9(5-10)7-16/h2-7H,8H2,1H3,(H,17,18). The molecular weight excluding hydrogens is 248 g/mol. The second kappa shape index (κ2) is 5.34. The lowest BCUT2D eigenvalue weighted by molar-refractivity contribution is 0.0693. The highest BCUT2D eigenvalue weighted by atomic mass is 16.5. The molecule has 0 aliphatic rings. The summed E-state index contributed by atoms with van der Waals surface area (Å²) in [4.78, 5) is 21.6. The molecular formula is C13H12N2O4. The Bertz CT molecular complexity index is 619. The van der Waals surface area contributed by atoms with Crippen LogP contribution in [0.2, 0.25) is 0 Å². The van der Waals surface area contributed by atoms with Gasteiger partial charge in [0, 0.05) is 12.6 Å². The summed E-state index contributed by atoms with van der Waals surface area (Å²) in [5, 5.41) is 12.9. The number of carbonyl (C=O) groups excluding carboxylic acids is 1. The van der Waals surface area contributed by atoms with Crippen LogP contribution in [0.1, 0.15) is 26.4 Å². The average Bonchev–Trinajstić information content (AvgIpc) is 2.78. The molecule has 0 spiro atoms. The fraction of sp³-hybridized carbons (Fsp3) is 0.154. The lowest BCUT2D eigenvalue weighted by atomic mass is 10.2. The van der Waals surface area contributed by atoms with Crippen LogP contribution in [0.25, 0.3) is 0 Å². The molecule has 98 valence electrons. The van der Waals surface area contributed by atoms with Crippen LogP contribution in [0, 0.1) is 0 Å². The predicted molar refractivity (Wildman–Crippen MR) is 66.3 cm³/mol. The van der Waals surface area contributed by atoms with Crippen LogP contribution in [0.15, 0.2) is 30.5 Å². The van der Waals surface area contributed by atoms with Crippen LogP contribution in [-0.4, -0.2) is 27.1 Å². The van der Waals surface area contributed by atoms with Gasteiger partial charge in [0.1, 0.15) is 24.2 Å². The number of nitrogens with zero attached hydrogens (tertiary/aromatic N) is 2. The van der Waals surface area contributed by atoms with Gasteiger partial charge in [-0.3, -0.25) is 9.48 Å². The average molecular weight is 260 g/mol. The lowest BCUT2D eigenvalue weighted by Gasteiger charge is -2.07. The third-order valence-electron chi connectivity index (χ3n) is 2.66. The topological polar surface area (TPSA) is 81.4 Å². The number of aldehydes is 1. The monoisotopic (exact) mass is 260 g/mol. The van der Waals surface area contributed by atoms with E-state index in [-0.39, 0.29) is 12.2 Å². The zero-order chi connectivity index (χ0) is 13.8. The Morgan fingerprint density at radius 1 is 1.53 bits per heavy atom. The number of aromatic nitrogens is 2. The van der Waals surface area contributed by atoms with Crippen LogP contribution in [-0.2, 0) is 13.7 Å². The number of ether oxygens (including phenoxy) is 1. The summed E-state index contributed by atoms with van der Waals surface area (Å²) in [6.45, 7) is 0.0699. The van der Waals surface area contributed by atoms with E-state index in [0.29, 0.717) is 17.0 Å². The SMILES string of the molecule is Cn1ncc(C(=O)O)c1COc1cccc(C=O)c1. The maximum Gasteiger partial charge on any atom is 0.339 e. The van der Waals surface area contributed by atoms with Gasteiger partial charge < -0.3 is 9.84 Å². The van der Waals surface area contributed by atoms with E-state index in [1.54, 1.807) is 31.3 Å². The summed E-state index contributed by atoms with van der Waals surface area (Å²) < 4.78 is 6.93. The third-order valence-corrected chi connectivity index (χ3v) is 2.66. The van der Waals surface area contributed by atoms with E-state index >= 15 is 0 Å². The summed E-state index contributed by atoms with van der Waals surface area (Å²) >= 11 is 0. The molecule has 0 bridgehead atoms. The quantitative estimate of drug-likeness (QED) is 0.824. The summed E-state index contributed by atoms with van der Waals surface area (Å²) in [6.07, 6.45) is 2.00. The molecule has 0 aliphatic carbocycles. The van der Waals surface area contributed by atoms with Gasteiger partial charge in [0.25, 0.3) is 0 Å². The number of benzene rings is 1. The molecule has 0 radical (unpaired) electrons. The van der Waals surface area contributed by atoms with Gasteiger partial charge in [-0.05, 0) is 12.1 Å². The van der Waals surface area contributed by atoms with E-state index < -0.39 is 5.97 Å². The second-order valence-electron chi connectivity index (χ2n) is 3.91. The Morgan fingerprint density at radius 2 is 2.32 bits per heavy atom. The van der Waals surface area contributed by atoms with Crippen molar-refractivity contribution in [2.75, 3.05) is 0 Å². The first kappa shape index (κ1) is 12.8. The lowest BCUT2D eigenvalue weighted by Crippen LogP contribution is -2.08. The first-order valence-corrected chi connectivity index (χ1v) is 5.54. The number of rotatable bonds is 5. The third kappa shape index (κ3) is 2.79. The first-order valence-electron chi connectivity index (χ1n) is 5.54. The van der Waals surface area contributed by atoms with Gasteiger partial charge >= 0.3 is 5.97 Å². The number of hydrogen-bond acceptors (Lipinski definition) is 4. The van der Waals surface area contributed by atoms with Gasteiger partial charge in [-0.25, -0.2) is 4.79 Å². The Balaban J connectivity index is 2.16. The minimum atomic E-state index is -1.05. The molecule has 0 amide bonds. The van der Waals surface area contributed by atoms with Crippen molar-refractivity contribution in [3.63, 3.8) is 0 Å². The molecule has 0 unspecified atom stereocenters. The van der Waals surface area contributed by atoms with E-state index in [2.05, 4.69) is 5.10 Å². The van der Waals surface area contributed by atoms with Crippen molar-refractivity contribution >= 4 is 12.3 Å². The number of carbonyl (C=O) groups is 2. The fourth-order valence-electron chi connectivity index (χ4n) is 1.64. The zero-order valence-electron chi connectivity index (χ0n) is 10.2. The van der Waals surface area contributed by atoms with Gasteiger partial charge in [0.05, 0.1) is 11.9 Å². The molecule has 1 heterocycles. The molecule has 0 atom stereocenters. The zero-order valence-corrected chi connectivity index (χ0v) is 10.2. The number of carboxylic acid groups (broad SMARTS) is 1. The van der Waals surface area contributed by atoms with Crippen molar-refractivity contribution in [1.82, 2.24) is 9.78 Å². The summed E-state index contributed by atoms with van der Waals surface area (Å²) in [7, 11) is 1.65. The van der Waals surface area contributed by atoms with Crippen LogP contribution in [0.4, 0.5) is 0 Å². The van der Waals surface area contributed by atoms with Gasteiger partial charge in [0.2, 0.25) is 0 Å². The Morgan fingerprint density at radius 3 is 3.00 bits per heavy atom. The van der Waals surface area contributed by atoms with Crippen LogP contribution in [0.3, 0.4) is 0 Å². The van der Waals surface area contributed by atoms with Crippen LogP contribution >= 0.6 is 0 Å². The number of carboxylic acids is 1. The molecule has 19 heavy (non-hydrogen) atoms. The van der Waals surface area contributed by atoms with Crippen molar-refractivity contribution in [2.24, 2.45) is 7.05 Å². The number of hydrogen-bond donors (Lipinski definition) is 1. The van der Waals surface area contributed by atoms with Crippen molar-refractivity contribution in [3.05, 3.63) is 47.3 Å². The molecule has 0 saturated carbocycles. The van der Waals surface area contributed by atoms with Crippen molar-refractivity contribution in [1.29, 1.82) is 0 Å². The summed E-state index contributed by atoms with van der Waals surface area (Å²) in [6, 6.07) is 6.64. The molecule has 6 nitrogen and oxygen atoms in total. The van der Waals surface area contributed by atoms with E-state index in [9.17, 15) is 9.59 Å². The highest BCUT2D eigenvalue weighted by molar-refractivity contribution is 5.88. The van der Waals surface area contributed by atoms with Crippen molar-refractivity contribution < 1.29 is 19.4 Å². The first-order chi connectivity index (χ1) is 9.11. The normalized spacial score (nSPS) is 10.2. The number of aryl methyl sites for hydroxylation is 1. The molecule has 6 heteroatoms. The molecule has 0 aliphatic heterocycles. The highest BCUT2D eigenvalue weighted by Gasteiger charge is 2.15. The van der Waals surface area contributed by atoms with Crippen molar-refractivity contribution in [2.45, 2.75) is 6.61 Å². The molecule has 1 aromatic carbocycles. The smallest absolute Gasteiger partial charge is 0.339 e. The van der Waals surface area contributed by atoms with Gasteiger partial charge in [-0.2, -0.15) is 5.10 Å². The molecule has 0 fully saturated rings. The van der Waals surface area contributed by atoms with E-state index in [1.165, 1.54) is 10.9 Å². The van der Waals surface area contributed by atoms with Gasteiger partial charge in [-0.1, -0.05) is 12.1 Å². The van der Waals surface area contributed by atoms with Crippen LogP contribution < -0.4 is 4.74 Å². The minimum Gasteiger partial charge on any atom is -0.487 e. The Kier molecular flexibility index (Phi) is 3.61. The molecule has 2 aromatic rings. The molecule has 2 rings (SSSR count). The van der Waals surface area contributed by atoms with Gasteiger partial charge in [-0.15, -0.1) is 0 Å². The largest absolute Gasteiger partial charge is 0.487 e.